The Labute approximate surface area is 150 Å². The van der Waals surface area contributed by atoms with Gasteiger partial charge in [0, 0.05) is 17.5 Å². The molecule has 0 unspecified atom stereocenters. The molecule has 0 saturated carbocycles. The van der Waals surface area contributed by atoms with Crippen molar-refractivity contribution in [3.63, 3.8) is 0 Å². The van der Waals surface area contributed by atoms with Gasteiger partial charge in [-0.3, -0.25) is 4.79 Å². The van der Waals surface area contributed by atoms with Crippen molar-refractivity contribution >= 4 is 5.78 Å². The van der Waals surface area contributed by atoms with Gasteiger partial charge in [-0.15, -0.1) is 0 Å². The number of ketones is 1. The standard InChI is InChI=1S/C21H30O4/c1-12(2)7-9-15-18(17(22)11-14(5)6)19(23)16(10-8-13(3)4)21(25)20(15)24/h7-8,14,23-25H,9-11H2,1-6H3. The maximum atomic E-state index is 12.7. The van der Waals surface area contributed by atoms with Crippen molar-refractivity contribution in [1.82, 2.24) is 0 Å². The molecular formula is C21H30O4. The fourth-order valence-corrected chi connectivity index (χ4v) is 2.59. The SMILES string of the molecule is CC(C)=CCc1c(O)c(O)c(CC=C(C)C)c(C(=O)CC(C)C)c1O. The summed E-state index contributed by atoms with van der Waals surface area (Å²) >= 11 is 0. The average Bonchev–Trinajstić information content (AvgIpc) is 2.47. The minimum atomic E-state index is -0.353. The Morgan fingerprint density at radius 3 is 1.72 bits per heavy atom. The van der Waals surface area contributed by atoms with E-state index in [4.69, 9.17) is 0 Å². The maximum absolute atomic E-state index is 12.7. The summed E-state index contributed by atoms with van der Waals surface area (Å²) in [6, 6.07) is 0. The largest absolute Gasteiger partial charge is 0.507 e. The first-order valence-corrected chi connectivity index (χ1v) is 8.64. The molecule has 138 valence electrons. The third kappa shape index (κ3) is 5.38. The van der Waals surface area contributed by atoms with E-state index in [0.717, 1.165) is 11.1 Å². The van der Waals surface area contributed by atoms with Crippen molar-refractivity contribution in [2.75, 3.05) is 0 Å². The molecular weight excluding hydrogens is 316 g/mol. The zero-order valence-electron chi connectivity index (χ0n) is 16.1. The number of benzene rings is 1. The Morgan fingerprint density at radius 1 is 0.840 bits per heavy atom. The maximum Gasteiger partial charge on any atom is 0.167 e. The molecule has 1 aromatic rings. The molecule has 0 atom stereocenters. The van der Waals surface area contributed by atoms with Crippen LogP contribution in [0.2, 0.25) is 0 Å². The second-order valence-corrected chi connectivity index (χ2v) is 7.37. The molecule has 0 fully saturated rings. The van der Waals surface area contributed by atoms with Crippen molar-refractivity contribution in [2.24, 2.45) is 5.92 Å². The number of hydrogen-bond donors (Lipinski definition) is 3. The molecule has 1 rings (SSSR count). The summed E-state index contributed by atoms with van der Waals surface area (Å²) in [7, 11) is 0. The van der Waals surface area contributed by atoms with Gasteiger partial charge in [-0.05, 0) is 46.5 Å². The molecule has 0 heterocycles. The van der Waals surface area contributed by atoms with Gasteiger partial charge >= 0.3 is 0 Å². The molecule has 0 saturated heterocycles. The van der Waals surface area contributed by atoms with Gasteiger partial charge in [0.1, 0.15) is 5.75 Å². The van der Waals surface area contributed by atoms with Gasteiger partial charge in [0.2, 0.25) is 0 Å². The van der Waals surface area contributed by atoms with Crippen LogP contribution in [0.15, 0.2) is 23.3 Å². The first-order chi connectivity index (χ1) is 11.6. The van der Waals surface area contributed by atoms with Crippen LogP contribution in [0, 0.1) is 5.92 Å². The van der Waals surface area contributed by atoms with E-state index in [1.807, 2.05) is 53.7 Å². The third-order valence-corrected chi connectivity index (χ3v) is 3.92. The lowest BCUT2D eigenvalue weighted by atomic mass is 9.90. The zero-order valence-corrected chi connectivity index (χ0v) is 16.1. The number of allylic oxidation sites excluding steroid dienone is 4. The highest BCUT2D eigenvalue weighted by Gasteiger charge is 2.26. The van der Waals surface area contributed by atoms with Crippen LogP contribution in [0.5, 0.6) is 17.2 Å². The van der Waals surface area contributed by atoms with Crippen molar-refractivity contribution in [3.05, 3.63) is 40.0 Å². The molecule has 4 nitrogen and oxygen atoms in total. The van der Waals surface area contributed by atoms with Crippen molar-refractivity contribution in [1.29, 1.82) is 0 Å². The van der Waals surface area contributed by atoms with Crippen LogP contribution in [0.3, 0.4) is 0 Å². The van der Waals surface area contributed by atoms with E-state index in [9.17, 15) is 20.1 Å². The fourth-order valence-electron chi connectivity index (χ4n) is 2.59. The van der Waals surface area contributed by atoms with Crippen molar-refractivity contribution in [3.8, 4) is 17.2 Å². The van der Waals surface area contributed by atoms with Crippen LogP contribution in [-0.4, -0.2) is 21.1 Å². The minimum absolute atomic E-state index is 0.124. The number of rotatable bonds is 7. The summed E-state index contributed by atoms with van der Waals surface area (Å²) < 4.78 is 0. The van der Waals surface area contributed by atoms with E-state index in [-0.39, 0.29) is 64.9 Å². The molecule has 3 N–H and O–H groups in total. The van der Waals surface area contributed by atoms with Crippen LogP contribution >= 0.6 is 0 Å². The Balaban J connectivity index is 3.62. The van der Waals surface area contributed by atoms with Crippen molar-refractivity contribution in [2.45, 2.75) is 60.8 Å². The lowest BCUT2D eigenvalue weighted by Crippen LogP contribution is -2.09. The number of aromatic hydroxyl groups is 3. The summed E-state index contributed by atoms with van der Waals surface area (Å²) in [5.41, 5.74) is 2.63. The first kappa shape index (κ1) is 20.8. The lowest BCUT2D eigenvalue weighted by molar-refractivity contribution is 0.0963. The van der Waals surface area contributed by atoms with Crippen LogP contribution in [-0.2, 0) is 12.8 Å². The predicted octanol–water partition coefficient (Wildman–Crippen LogP) is 5.05. The molecule has 0 radical (unpaired) electrons. The molecule has 0 aliphatic heterocycles. The zero-order chi connectivity index (χ0) is 19.3. The van der Waals surface area contributed by atoms with Gasteiger partial charge in [0.25, 0.3) is 0 Å². The molecule has 0 bridgehead atoms. The van der Waals surface area contributed by atoms with Crippen LogP contribution in [0.25, 0.3) is 0 Å². The molecule has 0 aliphatic rings. The van der Waals surface area contributed by atoms with E-state index >= 15 is 0 Å². The number of hydrogen-bond acceptors (Lipinski definition) is 4. The van der Waals surface area contributed by atoms with E-state index in [2.05, 4.69) is 0 Å². The van der Waals surface area contributed by atoms with Gasteiger partial charge in [0.15, 0.2) is 17.3 Å². The number of phenols is 3. The minimum Gasteiger partial charge on any atom is -0.507 e. The first-order valence-electron chi connectivity index (χ1n) is 8.64. The highest BCUT2D eigenvalue weighted by Crippen LogP contribution is 2.44. The van der Waals surface area contributed by atoms with Gasteiger partial charge in [0.05, 0.1) is 5.56 Å². The highest BCUT2D eigenvalue weighted by molar-refractivity contribution is 6.02. The Morgan fingerprint density at radius 2 is 1.28 bits per heavy atom. The quantitative estimate of drug-likeness (QED) is 0.279. The van der Waals surface area contributed by atoms with Crippen LogP contribution in [0.1, 0.15) is 69.4 Å². The Kier molecular flexibility index (Phi) is 7.28. The molecule has 0 aromatic heterocycles. The lowest BCUT2D eigenvalue weighted by Gasteiger charge is -2.18. The van der Waals surface area contributed by atoms with Gasteiger partial charge < -0.3 is 15.3 Å². The van der Waals surface area contributed by atoms with Gasteiger partial charge in [-0.1, -0.05) is 37.1 Å². The smallest absolute Gasteiger partial charge is 0.167 e. The highest BCUT2D eigenvalue weighted by atomic mass is 16.3. The second kappa shape index (κ2) is 8.75. The van der Waals surface area contributed by atoms with E-state index in [1.54, 1.807) is 0 Å². The number of Topliss-reactive ketones (excluding diaryl/α,β-unsaturated/α-hetero) is 1. The summed E-state index contributed by atoms with van der Waals surface area (Å²) in [5, 5.41) is 31.5. The Bertz CT molecular complexity index is 701. The monoisotopic (exact) mass is 346 g/mol. The molecule has 4 heteroatoms. The third-order valence-electron chi connectivity index (χ3n) is 3.92. The summed E-state index contributed by atoms with van der Waals surface area (Å²) in [4.78, 5) is 12.7. The van der Waals surface area contributed by atoms with Crippen LogP contribution < -0.4 is 0 Å². The van der Waals surface area contributed by atoms with Gasteiger partial charge in [-0.25, -0.2) is 0 Å². The average molecular weight is 346 g/mol. The van der Waals surface area contributed by atoms with Crippen LogP contribution in [0.4, 0.5) is 0 Å². The molecule has 0 amide bonds. The van der Waals surface area contributed by atoms with Gasteiger partial charge in [-0.2, -0.15) is 0 Å². The van der Waals surface area contributed by atoms with Crippen molar-refractivity contribution < 1.29 is 20.1 Å². The summed E-state index contributed by atoms with van der Waals surface area (Å²) in [6.45, 7) is 11.5. The molecule has 25 heavy (non-hydrogen) atoms. The Hall–Kier alpha value is -2.23. The number of carbonyl (C=O) groups excluding carboxylic acids is 1. The molecule has 0 spiro atoms. The molecule has 0 aliphatic carbocycles. The number of carbonyl (C=O) groups is 1. The summed E-state index contributed by atoms with van der Waals surface area (Å²) in [6.07, 6.45) is 4.48. The van der Waals surface area contributed by atoms with E-state index < -0.39 is 0 Å². The van der Waals surface area contributed by atoms with E-state index in [1.165, 1.54) is 0 Å². The molecule has 1 aromatic carbocycles. The summed E-state index contributed by atoms with van der Waals surface area (Å²) in [5.74, 6) is -0.998. The van der Waals surface area contributed by atoms with E-state index in [0.29, 0.717) is 0 Å². The fraction of sp³-hybridized carbons (Fsp3) is 0.476. The second-order valence-electron chi connectivity index (χ2n) is 7.37. The topological polar surface area (TPSA) is 77.8 Å². The normalized spacial score (nSPS) is 10.7. The predicted molar refractivity (Wildman–Crippen MR) is 101 cm³/mol. The number of phenolic OH excluding ortho intramolecular Hbond substituents is 3.